The van der Waals surface area contributed by atoms with Crippen LogP contribution >= 0.6 is 0 Å². The Hall–Kier alpha value is -3.72. The summed E-state index contributed by atoms with van der Waals surface area (Å²) in [6.07, 6.45) is 2.07. The molecule has 0 aliphatic rings. The van der Waals surface area contributed by atoms with Crippen LogP contribution in [0.1, 0.15) is 35.7 Å². The normalized spacial score (nSPS) is 10.3. The number of halogens is 2. The molecule has 3 aromatic rings. The standard InChI is InChI=1S/C24H19F2NO3/c1-2-3-14-29-20-11-8-17(9-12-20)16-4-6-18(7-5-16)24(28)30-21-13-10-19(15-27)22(25)23(21)26/h4-13H,2-3,14H2,1H3. The van der Waals surface area contributed by atoms with Crippen molar-refractivity contribution in [3.63, 3.8) is 0 Å². The summed E-state index contributed by atoms with van der Waals surface area (Å²) in [6, 6.07) is 17.8. The van der Waals surface area contributed by atoms with Crippen LogP contribution in [-0.2, 0) is 0 Å². The first-order chi connectivity index (χ1) is 14.5. The molecule has 0 saturated carbocycles. The molecule has 0 unspecified atom stereocenters. The fourth-order valence-electron chi connectivity index (χ4n) is 2.73. The monoisotopic (exact) mass is 407 g/mol. The fourth-order valence-corrected chi connectivity index (χ4v) is 2.73. The van der Waals surface area contributed by atoms with E-state index in [-0.39, 0.29) is 5.56 Å². The zero-order valence-electron chi connectivity index (χ0n) is 16.3. The Morgan fingerprint density at radius 2 is 1.57 bits per heavy atom. The largest absolute Gasteiger partial charge is 0.494 e. The Kier molecular flexibility index (Phi) is 6.76. The van der Waals surface area contributed by atoms with E-state index >= 15 is 0 Å². The Balaban J connectivity index is 1.69. The number of ether oxygens (including phenoxy) is 2. The van der Waals surface area contributed by atoms with Crippen molar-refractivity contribution in [2.75, 3.05) is 6.61 Å². The van der Waals surface area contributed by atoms with Crippen LogP contribution in [0.25, 0.3) is 11.1 Å². The van der Waals surface area contributed by atoms with Crippen LogP contribution in [0.4, 0.5) is 8.78 Å². The molecule has 0 amide bonds. The number of nitriles is 1. The number of unbranched alkanes of at least 4 members (excludes halogenated alkanes) is 1. The number of benzene rings is 3. The number of carbonyl (C=O) groups excluding carboxylic acids is 1. The lowest BCUT2D eigenvalue weighted by Crippen LogP contribution is -2.10. The molecule has 0 fully saturated rings. The van der Waals surface area contributed by atoms with E-state index in [1.54, 1.807) is 24.3 Å². The predicted octanol–water partition coefficient (Wildman–Crippen LogP) is 5.90. The summed E-state index contributed by atoms with van der Waals surface area (Å²) in [7, 11) is 0. The van der Waals surface area contributed by atoms with Crippen LogP contribution in [0.15, 0.2) is 60.7 Å². The first-order valence-electron chi connectivity index (χ1n) is 9.47. The molecule has 3 rings (SSSR count). The van der Waals surface area contributed by atoms with Gasteiger partial charge in [-0.25, -0.2) is 9.18 Å². The molecule has 0 bridgehead atoms. The summed E-state index contributed by atoms with van der Waals surface area (Å²) >= 11 is 0. The second-order valence-electron chi connectivity index (χ2n) is 6.54. The molecule has 0 radical (unpaired) electrons. The van der Waals surface area contributed by atoms with Crippen LogP contribution in [0.5, 0.6) is 11.5 Å². The molecule has 3 aromatic carbocycles. The fraction of sp³-hybridized carbons (Fsp3) is 0.167. The smallest absolute Gasteiger partial charge is 0.343 e. The lowest BCUT2D eigenvalue weighted by molar-refractivity contribution is 0.0726. The predicted molar refractivity (Wildman–Crippen MR) is 108 cm³/mol. The van der Waals surface area contributed by atoms with Gasteiger partial charge in [-0.3, -0.25) is 0 Å². The minimum atomic E-state index is -1.37. The number of hydrogen-bond acceptors (Lipinski definition) is 4. The lowest BCUT2D eigenvalue weighted by atomic mass is 10.0. The first-order valence-corrected chi connectivity index (χ1v) is 9.47. The second-order valence-corrected chi connectivity index (χ2v) is 6.54. The van der Waals surface area contributed by atoms with Crippen molar-refractivity contribution in [3.05, 3.63) is 83.4 Å². The van der Waals surface area contributed by atoms with Gasteiger partial charge < -0.3 is 9.47 Å². The number of rotatable bonds is 7. The number of carbonyl (C=O) groups is 1. The number of nitrogens with zero attached hydrogens (tertiary/aromatic N) is 1. The second kappa shape index (κ2) is 9.66. The SMILES string of the molecule is CCCCOc1ccc(-c2ccc(C(=O)Oc3ccc(C#N)c(F)c3F)cc2)cc1. The number of hydrogen-bond donors (Lipinski definition) is 0. The van der Waals surface area contributed by atoms with Crippen molar-refractivity contribution in [2.24, 2.45) is 0 Å². The van der Waals surface area contributed by atoms with Gasteiger partial charge in [0.1, 0.15) is 11.8 Å². The minimum absolute atomic E-state index is 0.183. The topological polar surface area (TPSA) is 59.3 Å². The highest BCUT2D eigenvalue weighted by Gasteiger charge is 2.18. The van der Waals surface area contributed by atoms with Gasteiger partial charge in [-0.1, -0.05) is 37.6 Å². The van der Waals surface area contributed by atoms with Gasteiger partial charge in [-0.15, -0.1) is 0 Å². The van der Waals surface area contributed by atoms with E-state index < -0.39 is 28.9 Å². The van der Waals surface area contributed by atoms with Crippen molar-refractivity contribution < 1.29 is 23.0 Å². The van der Waals surface area contributed by atoms with E-state index in [0.717, 1.165) is 41.9 Å². The van der Waals surface area contributed by atoms with Crippen LogP contribution in [0.3, 0.4) is 0 Å². The molecule has 4 nitrogen and oxygen atoms in total. The summed E-state index contributed by atoms with van der Waals surface area (Å²) in [5.74, 6) is -3.33. The average Bonchev–Trinajstić information content (AvgIpc) is 2.78. The van der Waals surface area contributed by atoms with Crippen LogP contribution in [-0.4, -0.2) is 12.6 Å². The molecule has 0 aliphatic carbocycles. The maximum Gasteiger partial charge on any atom is 0.343 e. The van der Waals surface area contributed by atoms with E-state index in [1.165, 1.54) is 6.07 Å². The van der Waals surface area contributed by atoms with Gasteiger partial charge in [0.05, 0.1) is 17.7 Å². The maximum absolute atomic E-state index is 13.9. The van der Waals surface area contributed by atoms with Crippen molar-refractivity contribution in [1.29, 1.82) is 5.26 Å². The summed E-state index contributed by atoms with van der Waals surface area (Å²) in [6.45, 7) is 2.78. The van der Waals surface area contributed by atoms with E-state index in [9.17, 15) is 13.6 Å². The van der Waals surface area contributed by atoms with Crippen LogP contribution in [0.2, 0.25) is 0 Å². The summed E-state index contributed by atoms with van der Waals surface area (Å²) in [4.78, 5) is 12.3. The highest BCUT2D eigenvalue weighted by molar-refractivity contribution is 5.91. The van der Waals surface area contributed by atoms with Crippen molar-refractivity contribution in [3.8, 4) is 28.7 Å². The van der Waals surface area contributed by atoms with Crippen molar-refractivity contribution in [1.82, 2.24) is 0 Å². The van der Waals surface area contributed by atoms with Crippen molar-refractivity contribution in [2.45, 2.75) is 19.8 Å². The van der Waals surface area contributed by atoms with Gasteiger partial charge in [-0.2, -0.15) is 9.65 Å². The highest BCUT2D eigenvalue weighted by atomic mass is 19.2. The van der Waals surface area contributed by atoms with Gasteiger partial charge in [0.2, 0.25) is 5.82 Å². The zero-order valence-corrected chi connectivity index (χ0v) is 16.3. The van der Waals surface area contributed by atoms with E-state index in [0.29, 0.717) is 6.61 Å². The molecule has 0 atom stereocenters. The third-order valence-corrected chi connectivity index (χ3v) is 4.44. The Morgan fingerprint density at radius 3 is 2.17 bits per heavy atom. The molecule has 0 aliphatic heterocycles. The van der Waals surface area contributed by atoms with E-state index in [2.05, 4.69) is 6.92 Å². The zero-order chi connectivity index (χ0) is 21.5. The average molecular weight is 407 g/mol. The molecule has 6 heteroatoms. The quantitative estimate of drug-likeness (QED) is 0.278. The van der Waals surface area contributed by atoms with Gasteiger partial charge in [0.25, 0.3) is 0 Å². The third-order valence-electron chi connectivity index (χ3n) is 4.44. The van der Waals surface area contributed by atoms with Gasteiger partial charge in [0.15, 0.2) is 11.6 Å². The first kappa shape index (κ1) is 21.0. The molecule has 0 aromatic heterocycles. The van der Waals surface area contributed by atoms with Gasteiger partial charge in [0, 0.05) is 0 Å². The molecule has 0 N–H and O–H groups in total. The third kappa shape index (κ3) is 4.81. The summed E-state index contributed by atoms with van der Waals surface area (Å²) in [5, 5.41) is 8.71. The maximum atomic E-state index is 13.9. The Bertz CT molecular complexity index is 1070. The van der Waals surface area contributed by atoms with Crippen LogP contribution in [0, 0.1) is 23.0 Å². The Morgan fingerprint density at radius 1 is 0.933 bits per heavy atom. The van der Waals surface area contributed by atoms with Gasteiger partial charge >= 0.3 is 5.97 Å². The van der Waals surface area contributed by atoms with Crippen molar-refractivity contribution >= 4 is 5.97 Å². The summed E-state index contributed by atoms with van der Waals surface area (Å²) < 4.78 is 38.2. The van der Waals surface area contributed by atoms with E-state index in [1.807, 2.05) is 24.3 Å². The highest BCUT2D eigenvalue weighted by Crippen LogP contribution is 2.25. The number of esters is 1. The minimum Gasteiger partial charge on any atom is -0.494 e. The van der Waals surface area contributed by atoms with Crippen LogP contribution < -0.4 is 9.47 Å². The molecule has 152 valence electrons. The summed E-state index contributed by atoms with van der Waals surface area (Å²) in [5.41, 5.74) is 1.54. The molecule has 0 saturated heterocycles. The Labute approximate surface area is 173 Å². The molecule has 0 spiro atoms. The molecular weight excluding hydrogens is 388 g/mol. The van der Waals surface area contributed by atoms with E-state index in [4.69, 9.17) is 14.7 Å². The lowest BCUT2D eigenvalue weighted by Gasteiger charge is -2.08. The molecule has 30 heavy (non-hydrogen) atoms. The molecular formula is C24H19F2NO3. The molecule has 0 heterocycles. The van der Waals surface area contributed by atoms with Gasteiger partial charge in [-0.05, 0) is 53.9 Å².